The van der Waals surface area contributed by atoms with E-state index in [9.17, 15) is 9.59 Å². The third-order valence-corrected chi connectivity index (χ3v) is 4.55. The van der Waals surface area contributed by atoms with E-state index in [0.29, 0.717) is 24.0 Å². The molecule has 0 fully saturated rings. The first-order valence-corrected chi connectivity index (χ1v) is 10.0. The number of carbonyl (C=O) groups is 2. The van der Waals surface area contributed by atoms with Crippen LogP contribution in [0.2, 0.25) is 0 Å². The fourth-order valence-electron chi connectivity index (χ4n) is 3.05. The molecule has 1 atom stereocenters. The number of methoxy groups -OCH3 is 1. The van der Waals surface area contributed by atoms with Gasteiger partial charge in [-0.25, -0.2) is 4.79 Å². The van der Waals surface area contributed by atoms with Gasteiger partial charge in [-0.05, 0) is 62.9 Å². The van der Waals surface area contributed by atoms with Crippen LogP contribution in [-0.2, 0) is 9.53 Å². The summed E-state index contributed by atoms with van der Waals surface area (Å²) in [5.74, 6) is 0.359. The van der Waals surface area contributed by atoms with E-state index in [4.69, 9.17) is 14.2 Å². The average molecular weight is 414 g/mol. The zero-order valence-corrected chi connectivity index (χ0v) is 18.8. The Morgan fingerprint density at radius 2 is 1.60 bits per heavy atom. The summed E-state index contributed by atoms with van der Waals surface area (Å²) in [6, 6.07) is 8.81. The molecule has 0 aliphatic carbocycles. The maximum atomic E-state index is 12.6. The van der Waals surface area contributed by atoms with Gasteiger partial charge in [-0.1, -0.05) is 31.5 Å². The Labute approximate surface area is 178 Å². The van der Waals surface area contributed by atoms with Crippen molar-refractivity contribution >= 4 is 17.6 Å². The van der Waals surface area contributed by atoms with Gasteiger partial charge in [-0.2, -0.15) is 0 Å². The summed E-state index contributed by atoms with van der Waals surface area (Å²) < 4.78 is 16.4. The minimum absolute atomic E-state index is 0.283. The number of carbonyl (C=O) groups excluding carboxylic acids is 2. The lowest BCUT2D eigenvalue weighted by molar-refractivity contribution is -0.123. The van der Waals surface area contributed by atoms with Crippen LogP contribution in [0.15, 0.2) is 30.3 Å². The van der Waals surface area contributed by atoms with Crippen molar-refractivity contribution in [3.63, 3.8) is 0 Å². The number of ether oxygens (including phenoxy) is 3. The highest BCUT2D eigenvalue weighted by Gasteiger charge is 2.21. The van der Waals surface area contributed by atoms with E-state index >= 15 is 0 Å². The second-order valence-corrected chi connectivity index (χ2v) is 7.88. The van der Waals surface area contributed by atoms with E-state index in [1.165, 1.54) is 7.11 Å². The molecule has 2 rings (SSSR count). The summed E-state index contributed by atoms with van der Waals surface area (Å²) in [6.45, 7) is 12.0. The van der Waals surface area contributed by atoms with Gasteiger partial charge in [0.15, 0.2) is 17.6 Å². The number of hydrogen-bond acceptors (Lipinski definition) is 5. The highest BCUT2D eigenvalue weighted by Crippen LogP contribution is 2.29. The van der Waals surface area contributed by atoms with Gasteiger partial charge in [-0.3, -0.25) is 4.79 Å². The zero-order chi connectivity index (χ0) is 22.4. The lowest BCUT2D eigenvalue weighted by atomic mass is 10.0. The average Bonchev–Trinajstić information content (AvgIpc) is 2.68. The van der Waals surface area contributed by atoms with Gasteiger partial charge < -0.3 is 19.5 Å². The van der Waals surface area contributed by atoms with E-state index in [-0.39, 0.29) is 11.5 Å². The first-order chi connectivity index (χ1) is 14.1. The first kappa shape index (κ1) is 23.3. The molecule has 1 N–H and O–H groups in total. The van der Waals surface area contributed by atoms with Crippen LogP contribution in [-0.4, -0.2) is 31.7 Å². The fraction of sp³-hybridized carbons (Fsp3) is 0.417. The highest BCUT2D eigenvalue weighted by atomic mass is 16.5. The topological polar surface area (TPSA) is 73.9 Å². The van der Waals surface area contributed by atoms with Crippen molar-refractivity contribution in [3.8, 4) is 11.5 Å². The smallest absolute Gasteiger partial charge is 0.339 e. The summed E-state index contributed by atoms with van der Waals surface area (Å²) in [4.78, 5) is 25.1. The normalized spacial score (nSPS) is 11.7. The largest absolute Gasteiger partial charge is 0.493 e. The van der Waals surface area contributed by atoms with Crippen LogP contribution in [0.5, 0.6) is 11.5 Å². The number of amides is 1. The van der Waals surface area contributed by atoms with Crippen molar-refractivity contribution in [2.45, 2.75) is 47.6 Å². The van der Waals surface area contributed by atoms with Gasteiger partial charge in [0.05, 0.1) is 19.3 Å². The molecule has 2 aromatic carbocycles. The lowest BCUT2D eigenvalue weighted by Crippen LogP contribution is -2.30. The van der Waals surface area contributed by atoms with Gasteiger partial charge >= 0.3 is 5.97 Å². The van der Waals surface area contributed by atoms with E-state index < -0.39 is 12.1 Å². The molecule has 0 spiro atoms. The molecule has 30 heavy (non-hydrogen) atoms. The lowest BCUT2D eigenvalue weighted by Gasteiger charge is -2.17. The van der Waals surface area contributed by atoms with Crippen molar-refractivity contribution in [3.05, 3.63) is 52.6 Å². The number of hydrogen-bond donors (Lipinski definition) is 1. The molecule has 2 aromatic rings. The highest BCUT2D eigenvalue weighted by molar-refractivity contribution is 5.98. The Bertz CT molecular complexity index is 897. The van der Waals surface area contributed by atoms with E-state index in [2.05, 4.69) is 5.32 Å². The van der Waals surface area contributed by atoms with E-state index in [1.807, 2.05) is 46.8 Å². The van der Waals surface area contributed by atoms with Gasteiger partial charge in [0.25, 0.3) is 5.91 Å². The zero-order valence-electron chi connectivity index (χ0n) is 18.8. The van der Waals surface area contributed by atoms with E-state index in [1.54, 1.807) is 25.1 Å². The summed E-state index contributed by atoms with van der Waals surface area (Å²) in [5, 5.41) is 2.86. The number of aryl methyl sites for hydroxylation is 3. The SMILES string of the molecule is COc1cc(C(=O)OC(C)C(=O)Nc2c(C)cc(C)cc2C)ccc1OCC(C)C. The molecule has 162 valence electrons. The Kier molecular flexibility index (Phi) is 7.86. The van der Waals surface area contributed by atoms with Gasteiger partial charge in [0.2, 0.25) is 0 Å². The van der Waals surface area contributed by atoms with Crippen molar-refractivity contribution in [2.24, 2.45) is 5.92 Å². The molecule has 1 unspecified atom stereocenters. The Morgan fingerprint density at radius 1 is 0.967 bits per heavy atom. The van der Waals surface area contributed by atoms with Gasteiger partial charge in [-0.15, -0.1) is 0 Å². The number of benzene rings is 2. The predicted octanol–water partition coefficient (Wildman–Crippen LogP) is 4.84. The van der Waals surface area contributed by atoms with Crippen molar-refractivity contribution in [2.75, 3.05) is 19.0 Å². The summed E-state index contributed by atoms with van der Waals surface area (Å²) in [7, 11) is 1.51. The molecule has 1 amide bonds. The minimum Gasteiger partial charge on any atom is -0.493 e. The van der Waals surface area contributed by atoms with Gasteiger partial charge in [0.1, 0.15) is 0 Å². The number of nitrogens with one attached hydrogen (secondary N) is 1. The maximum absolute atomic E-state index is 12.6. The molecule has 0 radical (unpaired) electrons. The molecule has 6 heteroatoms. The van der Waals surface area contributed by atoms with Crippen LogP contribution in [0.3, 0.4) is 0 Å². The van der Waals surface area contributed by atoms with Crippen molar-refractivity contribution in [1.82, 2.24) is 0 Å². The van der Waals surface area contributed by atoms with Crippen molar-refractivity contribution in [1.29, 1.82) is 0 Å². The molecular weight excluding hydrogens is 382 g/mol. The molecule has 0 aliphatic rings. The van der Waals surface area contributed by atoms with Gasteiger partial charge in [0, 0.05) is 5.69 Å². The van der Waals surface area contributed by atoms with Crippen LogP contribution < -0.4 is 14.8 Å². The molecule has 0 bridgehead atoms. The fourth-order valence-corrected chi connectivity index (χ4v) is 3.05. The Hall–Kier alpha value is -3.02. The monoisotopic (exact) mass is 413 g/mol. The quantitative estimate of drug-likeness (QED) is 0.627. The third-order valence-electron chi connectivity index (χ3n) is 4.55. The number of rotatable bonds is 8. The molecule has 0 saturated carbocycles. The second-order valence-electron chi connectivity index (χ2n) is 7.88. The Balaban J connectivity index is 2.07. The molecule has 6 nitrogen and oxygen atoms in total. The molecule has 0 saturated heterocycles. The summed E-state index contributed by atoms with van der Waals surface area (Å²) >= 11 is 0. The molecule has 0 aromatic heterocycles. The van der Waals surface area contributed by atoms with Crippen LogP contribution in [0.4, 0.5) is 5.69 Å². The minimum atomic E-state index is -0.958. The Morgan fingerprint density at radius 3 is 2.17 bits per heavy atom. The van der Waals surface area contributed by atoms with Crippen LogP contribution in [0.25, 0.3) is 0 Å². The first-order valence-electron chi connectivity index (χ1n) is 10.0. The summed E-state index contributed by atoms with van der Waals surface area (Å²) in [5.41, 5.74) is 4.06. The molecular formula is C24H31NO5. The summed E-state index contributed by atoms with van der Waals surface area (Å²) in [6.07, 6.45) is -0.958. The second kappa shape index (κ2) is 10.1. The molecule has 0 heterocycles. The van der Waals surface area contributed by atoms with Crippen LogP contribution >= 0.6 is 0 Å². The predicted molar refractivity (Wildman–Crippen MR) is 117 cm³/mol. The van der Waals surface area contributed by atoms with E-state index in [0.717, 1.165) is 22.4 Å². The standard InChI is InChI=1S/C24H31NO5/c1-14(2)13-29-20-9-8-19(12-21(20)28-7)24(27)30-18(6)23(26)25-22-16(4)10-15(3)11-17(22)5/h8-12,14,18H,13H2,1-7H3,(H,25,26). The van der Waals surface area contributed by atoms with Crippen LogP contribution in [0.1, 0.15) is 47.8 Å². The molecule has 0 aliphatic heterocycles. The maximum Gasteiger partial charge on any atom is 0.339 e. The number of esters is 1. The van der Waals surface area contributed by atoms with Crippen LogP contribution in [0, 0.1) is 26.7 Å². The third kappa shape index (κ3) is 5.99. The number of anilines is 1. The van der Waals surface area contributed by atoms with Crippen molar-refractivity contribution < 1.29 is 23.8 Å².